The molecule has 1 aromatic heterocycles. The van der Waals surface area contributed by atoms with Gasteiger partial charge in [0.05, 0.1) is 45.7 Å². The zero-order valence-electron chi connectivity index (χ0n) is 18.1. The standard InChI is InChI=1S/C24H27N3O4/c1-29-21-13-12-17(22(30-2)23(21)31-3)24(28)26-19-10-7-11-20-18(19)14-25-27(20)15-16-8-5-4-6-9-16/h4-6,8-9,12-14,19H,7,10-11,15H2,1-3H3,(H,26,28). The van der Waals surface area contributed by atoms with Gasteiger partial charge in [0.15, 0.2) is 11.5 Å². The first-order valence-electron chi connectivity index (χ1n) is 10.3. The number of benzene rings is 2. The molecule has 0 bridgehead atoms. The lowest BCUT2D eigenvalue weighted by molar-refractivity contribution is 0.0928. The summed E-state index contributed by atoms with van der Waals surface area (Å²) in [5.41, 5.74) is 3.87. The summed E-state index contributed by atoms with van der Waals surface area (Å²) in [7, 11) is 4.59. The number of fused-ring (bicyclic) bond motifs is 1. The summed E-state index contributed by atoms with van der Waals surface area (Å²) in [6, 6.07) is 13.6. The second-order valence-corrected chi connectivity index (χ2v) is 7.49. The second kappa shape index (κ2) is 9.12. The van der Waals surface area contributed by atoms with Crippen LogP contribution in [-0.4, -0.2) is 37.0 Å². The van der Waals surface area contributed by atoms with E-state index in [1.165, 1.54) is 25.5 Å². The summed E-state index contributed by atoms with van der Waals surface area (Å²) in [6.45, 7) is 0.723. The number of hydrogen-bond donors (Lipinski definition) is 1. The van der Waals surface area contributed by atoms with Crippen molar-refractivity contribution in [3.8, 4) is 17.2 Å². The number of methoxy groups -OCH3 is 3. The van der Waals surface area contributed by atoms with Crippen molar-refractivity contribution in [1.82, 2.24) is 15.1 Å². The molecule has 162 valence electrons. The molecule has 0 radical (unpaired) electrons. The number of nitrogens with zero attached hydrogens (tertiary/aromatic N) is 2. The molecule has 1 aliphatic carbocycles. The van der Waals surface area contributed by atoms with Crippen LogP contribution in [0.25, 0.3) is 0 Å². The van der Waals surface area contributed by atoms with Crippen LogP contribution in [-0.2, 0) is 13.0 Å². The molecule has 31 heavy (non-hydrogen) atoms. The van der Waals surface area contributed by atoms with Crippen molar-refractivity contribution in [2.45, 2.75) is 31.8 Å². The number of rotatable bonds is 7. The minimum Gasteiger partial charge on any atom is -0.493 e. The number of ether oxygens (including phenoxy) is 3. The molecule has 0 saturated heterocycles. The number of aromatic nitrogens is 2. The molecule has 0 spiro atoms. The fourth-order valence-electron chi connectivity index (χ4n) is 4.18. The van der Waals surface area contributed by atoms with E-state index in [1.54, 1.807) is 19.2 Å². The van der Waals surface area contributed by atoms with Crippen molar-refractivity contribution in [2.75, 3.05) is 21.3 Å². The molecule has 1 aliphatic rings. The van der Waals surface area contributed by atoms with Gasteiger partial charge in [-0.1, -0.05) is 30.3 Å². The van der Waals surface area contributed by atoms with Crippen LogP contribution in [0.1, 0.15) is 46.1 Å². The van der Waals surface area contributed by atoms with E-state index in [0.29, 0.717) is 22.8 Å². The van der Waals surface area contributed by atoms with Gasteiger partial charge in [-0.3, -0.25) is 9.48 Å². The lowest BCUT2D eigenvalue weighted by Gasteiger charge is -2.25. The van der Waals surface area contributed by atoms with E-state index in [1.807, 2.05) is 29.1 Å². The van der Waals surface area contributed by atoms with Gasteiger partial charge >= 0.3 is 0 Å². The van der Waals surface area contributed by atoms with Gasteiger partial charge in [0.1, 0.15) is 0 Å². The Hall–Kier alpha value is -3.48. The van der Waals surface area contributed by atoms with Gasteiger partial charge in [0.25, 0.3) is 5.91 Å². The Morgan fingerprint density at radius 2 is 1.84 bits per heavy atom. The van der Waals surface area contributed by atoms with Gasteiger partial charge in [0, 0.05) is 11.3 Å². The van der Waals surface area contributed by atoms with E-state index >= 15 is 0 Å². The lowest BCUT2D eigenvalue weighted by Crippen LogP contribution is -2.31. The zero-order valence-corrected chi connectivity index (χ0v) is 18.1. The van der Waals surface area contributed by atoms with Crippen LogP contribution in [0.4, 0.5) is 0 Å². The molecule has 1 N–H and O–H groups in total. The average molecular weight is 421 g/mol. The summed E-state index contributed by atoms with van der Waals surface area (Å²) < 4.78 is 18.2. The Morgan fingerprint density at radius 3 is 2.55 bits per heavy atom. The van der Waals surface area contributed by atoms with E-state index in [4.69, 9.17) is 14.2 Å². The minimum absolute atomic E-state index is 0.0985. The molecule has 1 heterocycles. The van der Waals surface area contributed by atoms with Crippen LogP contribution >= 0.6 is 0 Å². The molecule has 3 aromatic rings. The SMILES string of the molecule is COc1ccc(C(=O)NC2CCCc3c2cnn3Cc2ccccc2)c(OC)c1OC. The van der Waals surface area contributed by atoms with Gasteiger partial charge in [-0.2, -0.15) is 5.10 Å². The Labute approximate surface area is 181 Å². The van der Waals surface area contributed by atoms with Crippen molar-refractivity contribution in [2.24, 2.45) is 0 Å². The van der Waals surface area contributed by atoms with Crippen molar-refractivity contribution >= 4 is 5.91 Å². The third-order valence-electron chi connectivity index (χ3n) is 5.69. The van der Waals surface area contributed by atoms with Crippen LogP contribution in [0.3, 0.4) is 0 Å². The highest BCUT2D eigenvalue weighted by atomic mass is 16.5. The fraction of sp³-hybridized carbons (Fsp3) is 0.333. The molecule has 1 atom stereocenters. The topological polar surface area (TPSA) is 74.6 Å². The molecular weight excluding hydrogens is 394 g/mol. The summed E-state index contributed by atoms with van der Waals surface area (Å²) >= 11 is 0. The van der Waals surface area contributed by atoms with Crippen molar-refractivity contribution < 1.29 is 19.0 Å². The number of amides is 1. The van der Waals surface area contributed by atoms with Crippen molar-refractivity contribution in [1.29, 1.82) is 0 Å². The lowest BCUT2D eigenvalue weighted by atomic mass is 9.92. The minimum atomic E-state index is -0.216. The molecule has 0 aliphatic heterocycles. The second-order valence-electron chi connectivity index (χ2n) is 7.49. The van der Waals surface area contributed by atoms with Crippen LogP contribution in [0.15, 0.2) is 48.7 Å². The maximum atomic E-state index is 13.2. The molecule has 0 fully saturated rings. The van der Waals surface area contributed by atoms with E-state index in [9.17, 15) is 4.79 Å². The first kappa shape index (κ1) is 20.8. The molecule has 7 heteroatoms. The van der Waals surface area contributed by atoms with Crippen LogP contribution in [0, 0.1) is 0 Å². The number of carbonyl (C=O) groups is 1. The molecular formula is C24H27N3O4. The maximum Gasteiger partial charge on any atom is 0.255 e. The largest absolute Gasteiger partial charge is 0.493 e. The van der Waals surface area contributed by atoms with E-state index < -0.39 is 0 Å². The van der Waals surface area contributed by atoms with Gasteiger partial charge in [-0.05, 0) is 37.0 Å². The Morgan fingerprint density at radius 1 is 1.06 bits per heavy atom. The molecule has 1 unspecified atom stereocenters. The summed E-state index contributed by atoms with van der Waals surface area (Å²) in [5, 5.41) is 7.77. The summed E-state index contributed by atoms with van der Waals surface area (Å²) in [6.07, 6.45) is 4.69. The highest BCUT2D eigenvalue weighted by Gasteiger charge is 2.28. The van der Waals surface area contributed by atoms with Crippen molar-refractivity contribution in [3.63, 3.8) is 0 Å². The van der Waals surface area contributed by atoms with E-state index in [-0.39, 0.29) is 11.9 Å². The smallest absolute Gasteiger partial charge is 0.255 e. The maximum absolute atomic E-state index is 13.2. The van der Waals surface area contributed by atoms with Gasteiger partial charge < -0.3 is 19.5 Å². The summed E-state index contributed by atoms with van der Waals surface area (Å²) in [5.74, 6) is 1.05. The number of hydrogen-bond acceptors (Lipinski definition) is 5. The van der Waals surface area contributed by atoms with Gasteiger partial charge in [0.2, 0.25) is 5.75 Å². The normalized spacial score (nSPS) is 15.1. The predicted molar refractivity (Wildman–Crippen MR) is 117 cm³/mol. The summed E-state index contributed by atoms with van der Waals surface area (Å²) in [4.78, 5) is 13.2. The molecule has 2 aromatic carbocycles. The zero-order chi connectivity index (χ0) is 21.8. The van der Waals surface area contributed by atoms with Gasteiger partial charge in [-0.15, -0.1) is 0 Å². The van der Waals surface area contributed by atoms with Crippen LogP contribution in [0.5, 0.6) is 17.2 Å². The molecule has 0 saturated carbocycles. The third kappa shape index (κ3) is 4.08. The Kier molecular flexibility index (Phi) is 6.11. The molecule has 4 rings (SSSR count). The highest BCUT2D eigenvalue weighted by molar-refractivity contribution is 5.98. The number of carbonyl (C=O) groups excluding carboxylic acids is 1. The third-order valence-corrected chi connectivity index (χ3v) is 5.69. The Balaban J connectivity index is 1.57. The monoisotopic (exact) mass is 421 g/mol. The first-order valence-corrected chi connectivity index (χ1v) is 10.3. The first-order chi connectivity index (χ1) is 15.2. The van der Waals surface area contributed by atoms with E-state index in [0.717, 1.165) is 31.4 Å². The quantitative estimate of drug-likeness (QED) is 0.629. The Bertz CT molecular complexity index is 1060. The van der Waals surface area contributed by atoms with Gasteiger partial charge in [-0.25, -0.2) is 0 Å². The molecule has 7 nitrogen and oxygen atoms in total. The van der Waals surface area contributed by atoms with E-state index in [2.05, 4.69) is 22.5 Å². The number of nitrogens with one attached hydrogen (secondary N) is 1. The van der Waals surface area contributed by atoms with Crippen LogP contribution in [0.2, 0.25) is 0 Å². The predicted octanol–water partition coefficient (Wildman–Crippen LogP) is 3.76. The molecule has 1 amide bonds. The highest BCUT2D eigenvalue weighted by Crippen LogP contribution is 2.40. The fourth-order valence-corrected chi connectivity index (χ4v) is 4.18. The van der Waals surface area contributed by atoms with Crippen molar-refractivity contribution in [3.05, 3.63) is 71.0 Å². The average Bonchev–Trinajstić information content (AvgIpc) is 3.22. The van der Waals surface area contributed by atoms with Crippen LogP contribution < -0.4 is 19.5 Å².